The van der Waals surface area contributed by atoms with E-state index in [0.29, 0.717) is 0 Å². The zero-order valence-electron chi connectivity index (χ0n) is 13.1. The molecule has 0 amide bonds. The Kier molecular flexibility index (Phi) is 15.1. The molecule has 23 heavy (non-hydrogen) atoms. The van der Waals surface area contributed by atoms with Crippen LogP contribution < -0.4 is 0 Å². The third-order valence-electron chi connectivity index (χ3n) is 3.25. The Balaban J connectivity index is 0. The molecule has 0 aromatic heterocycles. The van der Waals surface area contributed by atoms with Gasteiger partial charge in [0.05, 0.1) is 76.9 Å². The lowest BCUT2D eigenvalue weighted by Gasteiger charge is -2.31. The van der Waals surface area contributed by atoms with E-state index in [4.69, 9.17) is 50.7 Å². The van der Waals surface area contributed by atoms with Crippen LogP contribution in [0, 0.1) is 10.8 Å². The van der Waals surface area contributed by atoms with Crippen LogP contribution in [0.2, 0.25) is 0 Å². The molecule has 0 fully saturated rings. The normalized spacial score (nSPS) is 12.3. The van der Waals surface area contributed by atoms with E-state index in [1.165, 1.54) is 0 Å². The lowest BCUT2D eigenvalue weighted by atomic mass is 9.91. The van der Waals surface area contributed by atoms with Gasteiger partial charge in [0, 0.05) is 0 Å². The predicted octanol–water partition coefficient (Wildman–Crippen LogP) is -4.74. The van der Waals surface area contributed by atoms with Gasteiger partial charge in [-0.15, -0.1) is 0 Å². The van der Waals surface area contributed by atoms with E-state index in [2.05, 4.69) is 0 Å². The second-order valence-electron chi connectivity index (χ2n) is 5.46. The van der Waals surface area contributed by atoms with Gasteiger partial charge in [0.2, 0.25) is 0 Å². The molecule has 142 valence electrons. The van der Waals surface area contributed by atoms with Crippen LogP contribution in [-0.4, -0.2) is 118 Å². The first-order valence-electron chi connectivity index (χ1n) is 7.01. The fourth-order valence-corrected chi connectivity index (χ4v) is 1.12. The molecule has 10 heteroatoms. The van der Waals surface area contributed by atoms with Gasteiger partial charge in [0.15, 0.2) is 0 Å². The van der Waals surface area contributed by atoms with Gasteiger partial charge in [0.25, 0.3) is 0 Å². The largest absolute Gasteiger partial charge is 0.396 e. The average Bonchev–Trinajstić information content (AvgIpc) is 2.63. The molecular formula is C13H30O10. The minimum absolute atomic E-state index is 0.141. The Hall–Kier alpha value is -0.400. The van der Waals surface area contributed by atoms with Crippen molar-refractivity contribution in [2.24, 2.45) is 10.8 Å². The first-order valence-corrected chi connectivity index (χ1v) is 7.01. The number of aliphatic hydroxyl groups is 9. The maximum atomic E-state index is 9.03. The molecule has 10 nitrogen and oxygen atoms in total. The molecule has 0 aromatic carbocycles. The van der Waals surface area contributed by atoms with Crippen molar-refractivity contribution in [1.29, 1.82) is 0 Å². The van der Waals surface area contributed by atoms with E-state index in [1.807, 2.05) is 0 Å². The lowest BCUT2D eigenvalue weighted by molar-refractivity contribution is -0.103. The average molecular weight is 346 g/mol. The van der Waals surface area contributed by atoms with E-state index in [1.54, 1.807) is 0 Å². The molecule has 0 unspecified atom stereocenters. The zero-order valence-corrected chi connectivity index (χ0v) is 13.1. The minimum atomic E-state index is -1.16. The summed E-state index contributed by atoms with van der Waals surface area (Å²) < 4.78 is 5.15. The summed E-state index contributed by atoms with van der Waals surface area (Å²) in [5.74, 6) is 0. The summed E-state index contributed by atoms with van der Waals surface area (Å²) in [4.78, 5) is 0. The fraction of sp³-hybridized carbons (Fsp3) is 1.00. The molecule has 0 spiro atoms. The van der Waals surface area contributed by atoms with Gasteiger partial charge >= 0.3 is 0 Å². The van der Waals surface area contributed by atoms with Crippen LogP contribution in [0.4, 0.5) is 0 Å². The van der Waals surface area contributed by atoms with Crippen molar-refractivity contribution >= 4 is 0 Å². The van der Waals surface area contributed by atoms with Crippen LogP contribution in [0.3, 0.4) is 0 Å². The van der Waals surface area contributed by atoms with Gasteiger partial charge in [-0.25, -0.2) is 0 Å². The molecule has 0 aliphatic rings. The monoisotopic (exact) mass is 346 g/mol. The summed E-state index contributed by atoms with van der Waals surface area (Å²) >= 11 is 0. The first-order chi connectivity index (χ1) is 10.9. The second-order valence-corrected chi connectivity index (χ2v) is 5.46. The fourth-order valence-electron chi connectivity index (χ4n) is 1.12. The van der Waals surface area contributed by atoms with Crippen molar-refractivity contribution in [3.05, 3.63) is 0 Å². The molecule has 0 saturated heterocycles. The van der Waals surface area contributed by atoms with Crippen LogP contribution >= 0.6 is 0 Å². The predicted molar refractivity (Wildman–Crippen MR) is 78.4 cm³/mol. The molecule has 0 aromatic rings. The van der Waals surface area contributed by atoms with Crippen molar-refractivity contribution in [3.8, 4) is 0 Å². The Morgan fingerprint density at radius 3 is 0.957 bits per heavy atom. The van der Waals surface area contributed by atoms with Crippen molar-refractivity contribution < 1.29 is 50.7 Å². The number of aliphatic hydroxyl groups excluding tert-OH is 9. The SMILES string of the molecule is OCC(CO)(CO)COCC(CO)(CO)CO.OCC(O)CO. The van der Waals surface area contributed by atoms with Crippen LogP contribution in [0.15, 0.2) is 0 Å². The second kappa shape index (κ2) is 14.0. The Labute approximate surface area is 134 Å². The molecule has 0 aliphatic carbocycles. The minimum Gasteiger partial charge on any atom is -0.396 e. The Bertz CT molecular complexity index is 215. The van der Waals surface area contributed by atoms with Crippen LogP contribution in [0.25, 0.3) is 0 Å². The van der Waals surface area contributed by atoms with Gasteiger partial charge in [-0.3, -0.25) is 0 Å². The third kappa shape index (κ3) is 9.47. The van der Waals surface area contributed by atoms with Crippen LogP contribution in [0.1, 0.15) is 0 Å². The van der Waals surface area contributed by atoms with Gasteiger partial charge < -0.3 is 50.7 Å². The Morgan fingerprint density at radius 1 is 0.565 bits per heavy atom. The van der Waals surface area contributed by atoms with E-state index in [-0.39, 0.29) is 26.4 Å². The third-order valence-corrected chi connectivity index (χ3v) is 3.25. The molecule has 0 heterocycles. The van der Waals surface area contributed by atoms with Gasteiger partial charge in [0.1, 0.15) is 6.10 Å². The topological polar surface area (TPSA) is 191 Å². The van der Waals surface area contributed by atoms with Gasteiger partial charge in [-0.1, -0.05) is 0 Å². The maximum Gasteiger partial charge on any atom is 0.100 e. The van der Waals surface area contributed by atoms with Crippen molar-refractivity contribution in [1.82, 2.24) is 0 Å². The highest BCUT2D eigenvalue weighted by molar-refractivity contribution is 4.80. The summed E-state index contributed by atoms with van der Waals surface area (Å²) in [6.07, 6.45) is -0.954. The molecular weight excluding hydrogens is 316 g/mol. The van der Waals surface area contributed by atoms with Crippen LogP contribution in [-0.2, 0) is 4.74 Å². The summed E-state index contributed by atoms with van der Waals surface area (Å²) in [5.41, 5.74) is -2.32. The number of ether oxygens (including phenoxy) is 1. The number of hydrogen-bond acceptors (Lipinski definition) is 10. The highest BCUT2D eigenvalue weighted by atomic mass is 16.5. The van der Waals surface area contributed by atoms with Gasteiger partial charge in [-0.05, 0) is 0 Å². The highest BCUT2D eigenvalue weighted by Crippen LogP contribution is 2.19. The van der Waals surface area contributed by atoms with Crippen molar-refractivity contribution in [3.63, 3.8) is 0 Å². The van der Waals surface area contributed by atoms with E-state index < -0.39 is 56.6 Å². The summed E-state index contributed by atoms with van der Waals surface area (Å²) in [6, 6.07) is 0. The van der Waals surface area contributed by atoms with E-state index in [9.17, 15) is 0 Å². The smallest absolute Gasteiger partial charge is 0.100 e. The number of hydrogen-bond donors (Lipinski definition) is 9. The molecule has 0 aliphatic heterocycles. The lowest BCUT2D eigenvalue weighted by Crippen LogP contribution is -2.43. The van der Waals surface area contributed by atoms with Crippen LogP contribution in [0.5, 0.6) is 0 Å². The Morgan fingerprint density at radius 2 is 0.826 bits per heavy atom. The molecule has 0 radical (unpaired) electrons. The van der Waals surface area contributed by atoms with E-state index >= 15 is 0 Å². The first kappa shape index (κ1) is 24.8. The zero-order chi connectivity index (χ0) is 18.4. The van der Waals surface area contributed by atoms with Gasteiger partial charge in [-0.2, -0.15) is 0 Å². The standard InChI is InChI=1S/C10H22O7.C3H8O3/c11-1-9(2-12,3-13)7-17-8-10(4-14,5-15)6-16;4-1-3(6)2-5/h11-16H,1-8H2;3-6H,1-2H2. The van der Waals surface area contributed by atoms with Crippen molar-refractivity contribution in [2.75, 3.05) is 66.1 Å². The highest BCUT2D eigenvalue weighted by Gasteiger charge is 2.32. The quantitative estimate of drug-likeness (QED) is 0.166. The summed E-state index contributed by atoms with van der Waals surface area (Å²) in [7, 11) is 0. The van der Waals surface area contributed by atoms with E-state index in [0.717, 1.165) is 0 Å². The molecule has 0 saturated carbocycles. The molecule has 0 rings (SSSR count). The van der Waals surface area contributed by atoms with Crippen molar-refractivity contribution in [2.45, 2.75) is 6.10 Å². The number of rotatable bonds is 12. The summed E-state index contributed by atoms with van der Waals surface area (Å²) in [5, 5.41) is 78.2. The summed E-state index contributed by atoms with van der Waals surface area (Å²) in [6.45, 7) is -3.73. The molecule has 9 N–H and O–H groups in total. The maximum absolute atomic E-state index is 9.03. The molecule has 0 bridgehead atoms. The molecule has 0 atom stereocenters.